The van der Waals surface area contributed by atoms with Crippen LogP contribution in [0.5, 0.6) is 0 Å². The summed E-state index contributed by atoms with van der Waals surface area (Å²) in [5, 5.41) is 10.5. The van der Waals surface area contributed by atoms with Crippen LogP contribution in [0.4, 0.5) is 4.79 Å². The van der Waals surface area contributed by atoms with Crippen LogP contribution in [-0.4, -0.2) is 40.2 Å². The van der Waals surface area contributed by atoms with Crippen molar-refractivity contribution in [1.82, 2.24) is 15.5 Å². The van der Waals surface area contributed by atoms with Gasteiger partial charge >= 0.3 is 12.1 Å². The van der Waals surface area contributed by atoms with Crippen molar-refractivity contribution in [2.45, 2.75) is 51.5 Å². The van der Waals surface area contributed by atoms with E-state index in [1.54, 1.807) is 34.6 Å². The molecule has 0 spiro atoms. The van der Waals surface area contributed by atoms with Gasteiger partial charge in [0.15, 0.2) is 0 Å². The zero-order chi connectivity index (χ0) is 16.8. The van der Waals surface area contributed by atoms with Gasteiger partial charge in [0, 0.05) is 0 Å². The van der Waals surface area contributed by atoms with Crippen molar-refractivity contribution < 1.29 is 23.5 Å². The largest absolute Gasteiger partial charge is 0.465 e. The Morgan fingerprint density at radius 2 is 2.05 bits per heavy atom. The van der Waals surface area contributed by atoms with E-state index < -0.39 is 17.7 Å². The van der Waals surface area contributed by atoms with E-state index in [2.05, 4.69) is 15.5 Å². The monoisotopic (exact) mass is 331 g/mol. The van der Waals surface area contributed by atoms with Crippen molar-refractivity contribution in [3.05, 3.63) is 5.89 Å². The van der Waals surface area contributed by atoms with Crippen molar-refractivity contribution in [2.75, 3.05) is 12.4 Å². The molecule has 1 N–H and O–H groups in total. The molecule has 0 saturated carbocycles. The van der Waals surface area contributed by atoms with E-state index in [0.29, 0.717) is 6.61 Å². The average molecular weight is 331 g/mol. The second-order valence-electron chi connectivity index (χ2n) is 5.37. The summed E-state index contributed by atoms with van der Waals surface area (Å²) >= 11 is 1.08. The molecule has 1 amide bonds. The number of aromatic nitrogens is 2. The highest BCUT2D eigenvalue weighted by molar-refractivity contribution is 7.99. The van der Waals surface area contributed by atoms with Gasteiger partial charge in [-0.3, -0.25) is 4.79 Å². The second-order valence-corrected chi connectivity index (χ2v) is 6.29. The van der Waals surface area contributed by atoms with E-state index in [-0.39, 0.29) is 22.8 Å². The summed E-state index contributed by atoms with van der Waals surface area (Å²) < 4.78 is 15.3. The van der Waals surface area contributed by atoms with Gasteiger partial charge in [-0.2, -0.15) is 0 Å². The quantitative estimate of drug-likeness (QED) is 0.625. The van der Waals surface area contributed by atoms with Crippen molar-refractivity contribution in [1.29, 1.82) is 0 Å². The molecule has 8 nitrogen and oxygen atoms in total. The first kappa shape index (κ1) is 18.3. The maximum Gasteiger partial charge on any atom is 0.408 e. The van der Waals surface area contributed by atoms with Crippen molar-refractivity contribution >= 4 is 23.8 Å². The van der Waals surface area contributed by atoms with Gasteiger partial charge < -0.3 is 19.2 Å². The average Bonchev–Trinajstić information content (AvgIpc) is 2.83. The minimum Gasteiger partial charge on any atom is -0.465 e. The van der Waals surface area contributed by atoms with Gasteiger partial charge in [-0.25, -0.2) is 4.79 Å². The number of carbonyl (C=O) groups excluding carboxylic acids is 2. The number of rotatable bonds is 6. The summed E-state index contributed by atoms with van der Waals surface area (Å²) in [6.45, 7) is 9.07. The standard InChI is InChI=1S/C13H21N3O5S/c1-6-19-9(17)7-22-12-16-15-10(20-12)8(2)14-11(18)21-13(3,4)5/h8H,6-7H2,1-5H3,(H,14,18)/t8-/m1/s1. The molecule has 0 aliphatic carbocycles. The molecule has 1 heterocycles. The molecule has 1 aromatic rings. The summed E-state index contributed by atoms with van der Waals surface area (Å²) in [6.07, 6.45) is -0.570. The maximum atomic E-state index is 11.6. The molecule has 0 unspecified atom stereocenters. The van der Waals surface area contributed by atoms with Crippen LogP contribution < -0.4 is 5.32 Å². The molecule has 1 rings (SSSR count). The summed E-state index contributed by atoms with van der Waals surface area (Å²) in [5.74, 6) is -0.0343. The molecular formula is C13H21N3O5S. The van der Waals surface area contributed by atoms with Crippen LogP contribution in [0.2, 0.25) is 0 Å². The van der Waals surface area contributed by atoms with Gasteiger partial charge in [0.25, 0.3) is 5.22 Å². The number of esters is 1. The van der Waals surface area contributed by atoms with Crippen LogP contribution in [-0.2, 0) is 14.3 Å². The zero-order valence-corrected chi connectivity index (χ0v) is 14.2. The highest BCUT2D eigenvalue weighted by Gasteiger charge is 2.21. The second kappa shape index (κ2) is 8.02. The third kappa shape index (κ3) is 6.79. The fraction of sp³-hybridized carbons (Fsp3) is 0.692. The molecular weight excluding hydrogens is 310 g/mol. The predicted molar refractivity (Wildman–Crippen MR) is 79.4 cm³/mol. The number of carbonyl (C=O) groups is 2. The highest BCUT2D eigenvalue weighted by atomic mass is 32.2. The number of alkyl carbamates (subject to hydrolysis) is 1. The lowest BCUT2D eigenvalue weighted by molar-refractivity contribution is -0.139. The van der Waals surface area contributed by atoms with Gasteiger partial charge in [-0.15, -0.1) is 10.2 Å². The number of hydrogen-bond acceptors (Lipinski definition) is 8. The van der Waals surface area contributed by atoms with Crippen molar-refractivity contribution in [3.8, 4) is 0 Å². The molecule has 0 fully saturated rings. The summed E-state index contributed by atoms with van der Waals surface area (Å²) in [7, 11) is 0. The Morgan fingerprint density at radius 3 is 2.64 bits per heavy atom. The fourth-order valence-corrected chi connectivity index (χ4v) is 1.89. The first-order chi connectivity index (χ1) is 10.2. The minimum atomic E-state index is -0.584. The number of nitrogens with one attached hydrogen (secondary N) is 1. The number of nitrogens with zero attached hydrogens (tertiary/aromatic N) is 2. The number of ether oxygens (including phenoxy) is 2. The Balaban J connectivity index is 2.49. The Hall–Kier alpha value is -1.77. The lowest BCUT2D eigenvalue weighted by Crippen LogP contribution is -2.34. The zero-order valence-electron chi connectivity index (χ0n) is 13.3. The van der Waals surface area contributed by atoms with Crippen LogP contribution in [0, 0.1) is 0 Å². The third-order valence-corrected chi connectivity index (χ3v) is 2.94. The Kier molecular flexibility index (Phi) is 6.66. The molecule has 9 heteroatoms. The Bertz CT molecular complexity index is 512. The first-order valence-electron chi connectivity index (χ1n) is 6.82. The minimum absolute atomic E-state index is 0.0867. The molecule has 1 atom stereocenters. The molecule has 0 aliphatic heterocycles. The Labute approximate surface area is 133 Å². The molecule has 0 aliphatic rings. The predicted octanol–water partition coefficient (Wildman–Crippen LogP) is 2.31. The van der Waals surface area contributed by atoms with Gasteiger partial charge in [-0.05, 0) is 34.6 Å². The number of amides is 1. The molecule has 0 saturated heterocycles. The van der Waals surface area contributed by atoms with Crippen molar-refractivity contribution in [3.63, 3.8) is 0 Å². The van der Waals surface area contributed by atoms with E-state index in [9.17, 15) is 9.59 Å². The first-order valence-corrected chi connectivity index (χ1v) is 7.81. The van der Waals surface area contributed by atoms with Gasteiger partial charge in [0.2, 0.25) is 5.89 Å². The molecule has 0 aromatic carbocycles. The lowest BCUT2D eigenvalue weighted by atomic mass is 10.2. The SMILES string of the molecule is CCOC(=O)CSc1nnc([C@@H](C)NC(=O)OC(C)(C)C)o1. The molecule has 0 bridgehead atoms. The van der Waals surface area contributed by atoms with Crippen LogP contribution in [0.3, 0.4) is 0 Å². The number of hydrogen-bond donors (Lipinski definition) is 1. The van der Waals surface area contributed by atoms with E-state index in [0.717, 1.165) is 11.8 Å². The highest BCUT2D eigenvalue weighted by Crippen LogP contribution is 2.20. The summed E-state index contributed by atoms with van der Waals surface area (Å²) in [6, 6.07) is -0.501. The summed E-state index contributed by atoms with van der Waals surface area (Å²) in [4.78, 5) is 22.9. The van der Waals surface area contributed by atoms with E-state index in [1.807, 2.05) is 0 Å². The van der Waals surface area contributed by atoms with Crippen LogP contribution in [0.15, 0.2) is 9.64 Å². The normalized spacial score (nSPS) is 12.6. The van der Waals surface area contributed by atoms with E-state index in [1.165, 1.54) is 0 Å². The lowest BCUT2D eigenvalue weighted by Gasteiger charge is -2.20. The maximum absolute atomic E-state index is 11.6. The van der Waals surface area contributed by atoms with Gasteiger partial charge in [0.1, 0.15) is 17.4 Å². The van der Waals surface area contributed by atoms with Crippen LogP contribution in [0.25, 0.3) is 0 Å². The van der Waals surface area contributed by atoms with Gasteiger partial charge in [-0.1, -0.05) is 11.8 Å². The van der Waals surface area contributed by atoms with E-state index in [4.69, 9.17) is 13.9 Å². The molecule has 124 valence electrons. The smallest absolute Gasteiger partial charge is 0.408 e. The summed E-state index contributed by atoms with van der Waals surface area (Å²) in [5.41, 5.74) is -0.584. The number of thioether (sulfide) groups is 1. The third-order valence-electron chi connectivity index (χ3n) is 2.14. The van der Waals surface area contributed by atoms with Gasteiger partial charge in [0.05, 0.1) is 6.61 Å². The van der Waals surface area contributed by atoms with Crippen LogP contribution >= 0.6 is 11.8 Å². The Morgan fingerprint density at radius 1 is 1.36 bits per heavy atom. The molecule has 22 heavy (non-hydrogen) atoms. The van der Waals surface area contributed by atoms with E-state index >= 15 is 0 Å². The van der Waals surface area contributed by atoms with Crippen LogP contribution in [0.1, 0.15) is 46.6 Å². The molecule has 0 radical (unpaired) electrons. The molecule has 1 aromatic heterocycles. The fourth-order valence-electron chi connectivity index (χ4n) is 1.32. The topological polar surface area (TPSA) is 104 Å². The van der Waals surface area contributed by atoms with Crippen molar-refractivity contribution in [2.24, 2.45) is 0 Å².